The van der Waals surface area contributed by atoms with Crippen LogP contribution in [0.4, 0.5) is 0 Å². The molecule has 2 aliphatic rings. The first kappa shape index (κ1) is 16.0. The predicted molar refractivity (Wildman–Crippen MR) is 77.9 cm³/mol. The zero-order valence-corrected chi connectivity index (χ0v) is 12.6. The fraction of sp³-hybridized carbons (Fsp3) is 0.917. The molecule has 5 atom stereocenters. The number of nitrogens with one attached hydrogen (secondary N) is 2. The topological polar surface area (TPSA) is 95.3 Å². The van der Waals surface area contributed by atoms with Crippen LogP contribution < -0.4 is 10.6 Å². The molecule has 2 fully saturated rings. The highest BCUT2D eigenvalue weighted by molar-refractivity contribution is 8.14. The Hall–Kier alpha value is -0.380. The Labute approximate surface area is 123 Å². The van der Waals surface area contributed by atoms with Gasteiger partial charge in [-0.2, -0.15) is 0 Å². The first-order valence-electron chi connectivity index (χ1n) is 6.86. The molecule has 0 bridgehead atoms. The van der Waals surface area contributed by atoms with Crippen LogP contribution in [0, 0.1) is 0 Å². The Balaban J connectivity index is 1.90. The first-order chi connectivity index (χ1) is 9.67. The van der Waals surface area contributed by atoms with Crippen LogP contribution in [0.3, 0.4) is 0 Å². The van der Waals surface area contributed by atoms with Gasteiger partial charge < -0.3 is 30.3 Å². The minimum Gasteiger partial charge on any atom is -0.388 e. The number of fused-ring (bicyclic) bond motifs is 1. The van der Waals surface area contributed by atoms with Gasteiger partial charge in [0.05, 0.1) is 12.6 Å². The van der Waals surface area contributed by atoms with Gasteiger partial charge in [0.1, 0.15) is 23.7 Å². The lowest BCUT2D eigenvalue weighted by Crippen LogP contribution is -2.60. The molecule has 0 aromatic heterocycles. The summed E-state index contributed by atoms with van der Waals surface area (Å²) in [5, 5.41) is 27.3. The van der Waals surface area contributed by atoms with Crippen LogP contribution in [0.1, 0.15) is 6.92 Å². The third-order valence-corrected chi connectivity index (χ3v) is 4.46. The van der Waals surface area contributed by atoms with Crippen LogP contribution in [0.25, 0.3) is 0 Å². The van der Waals surface area contributed by atoms with Gasteiger partial charge >= 0.3 is 0 Å². The lowest BCUT2D eigenvalue weighted by Gasteiger charge is -2.39. The number of ether oxygens (including phenoxy) is 2. The van der Waals surface area contributed by atoms with E-state index in [9.17, 15) is 10.2 Å². The number of nitrogens with zero attached hydrogens (tertiary/aromatic N) is 1. The van der Waals surface area contributed by atoms with Crippen molar-refractivity contribution in [3.8, 4) is 0 Å². The summed E-state index contributed by atoms with van der Waals surface area (Å²) in [5.74, 6) is 0. The summed E-state index contributed by atoms with van der Waals surface area (Å²) in [6.45, 7) is 4.38. The van der Waals surface area contributed by atoms with Crippen LogP contribution in [0.15, 0.2) is 4.99 Å². The highest BCUT2D eigenvalue weighted by Crippen LogP contribution is 2.33. The van der Waals surface area contributed by atoms with E-state index in [0.29, 0.717) is 26.2 Å². The van der Waals surface area contributed by atoms with Gasteiger partial charge in [0.2, 0.25) is 0 Å². The summed E-state index contributed by atoms with van der Waals surface area (Å²) < 4.78 is 10.8. The summed E-state index contributed by atoms with van der Waals surface area (Å²) in [6.07, 6.45) is -2.21. The molecule has 8 heteroatoms. The van der Waals surface area contributed by atoms with Crippen molar-refractivity contribution >= 4 is 16.9 Å². The Bertz CT molecular complexity index is 345. The number of methoxy groups -OCH3 is 1. The SMILES string of the molecule is CCN=C1N[C@@H]2C(O)[C@H](O)C(CNCCOC)O[C@@H]2S1. The van der Waals surface area contributed by atoms with Crippen LogP contribution in [-0.2, 0) is 9.47 Å². The van der Waals surface area contributed by atoms with Gasteiger partial charge in [-0.1, -0.05) is 11.8 Å². The Morgan fingerprint density at radius 1 is 1.45 bits per heavy atom. The molecule has 0 spiro atoms. The predicted octanol–water partition coefficient (Wildman–Crippen LogP) is -1.25. The third-order valence-electron chi connectivity index (χ3n) is 3.35. The van der Waals surface area contributed by atoms with E-state index in [1.807, 2.05) is 6.92 Å². The molecule has 2 saturated heterocycles. The highest BCUT2D eigenvalue weighted by atomic mass is 32.2. The summed E-state index contributed by atoms with van der Waals surface area (Å²) in [7, 11) is 1.64. The molecule has 0 aromatic rings. The van der Waals surface area contributed by atoms with Crippen LogP contribution in [0.5, 0.6) is 0 Å². The summed E-state index contributed by atoms with van der Waals surface area (Å²) in [4.78, 5) is 4.28. The second kappa shape index (κ2) is 7.58. The summed E-state index contributed by atoms with van der Waals surface area (Å²) >= 11 is 1.47. The van der Waals surface area contributed by atoms with Crippen molar-refractivity contribution in [2.75, 3.05) is 33.4 Å². The maximum absolute atomic E-state index is 10.2. The maximum Gasteiger partial charge on any atom is 0.159 e. The van der Waals surface area contributed by atoms with Crippen molar-refractivity contribution in [1.29, 1.82) is 0 Å². The van der Waals surface area contributed by atoms with Gasteiger partial charge in [-0.3, -0.25) is 4.99 Å². The average molecular weight is 305 g/mol. The van der Waals surface area contributed by atoms with Crippen molar-refractivity contribution in [1.82, 2.24) is 10.6 Å². The van der Waals surface area contributed by atoms with E-state index in [2.05, 4.69) is 15.6 Å². The first-order valence-corrected chi connectivity index (χ1v) is 7.74. The molecule has 2 heterocycles. The molecule has 2 aliphatic heterocycles. The molecule has 0 radical (unpaired) electrons. The van der Waals surface area contributed by atoms with E-state index >= 15 is 0 Å². The van der Waals surface area contributed by atoms with E-state index < -0.39 is 18.3 Å². The van der Waals surface area contributed by atoms with Crippen molar-refractivity contribution in [2.24, 2.45) is 4.99 Å². The molecule has 0 amide bonds. The van der Waals surface area contributed by atoms with E-state index in [1.54, 1.807) is 7.11 Å². The standard InChI is InChI=1S/C12H23N3O4S/c1-3-14-12-15-8-10(17)9(16)7(19-11(8)20-12)6-13-4-5-18-2/h7-11,13,16-17H,3-6H2,1-2H3,(H,14,15)/t7?,8-,9-,10?,11-/m1/s1. The third kappa shape index (κ3) is 3.63. The highest BCUT2D eigenvalue weighted by Gasteiger charge is 2.48. The zero-order valence-electron chi connectivity index (χ0n) is 11.8. The molecule has 2 unspecified atom stereocenters. The van der Waals surface area contributed by atoms with Crippen molar-refractivity contribution in [2.45, 2.75) is 36.7 Å². The number of hydrogen-bond acceptors (Lipinski definition) is 7. The number of aliphatic imine (C=N–C) groups is 1. The summed E-state index contributed by atoms with van der Waals surface area (Å²) in [5.41, 5.74) is -0.215. The molecule has 2 rings (SSSR count). The molecule has 116 valence electrons. The normalized spacial score (nSPS) is 38.8. The summed E-state index contributed by atoms with van der Waals surface area (Å²) in [6, 6.07) is -0.310. The quantitative estimate of drug-likeness (QED) is 0.455. The number of amidine groups is 1. The Morgan fingerprint density at radius 3 is 2.95 bits per heavy atom. The fourth-order valence-corrected chi connectivity index (χ4v) is 3.49. The molecular weight excluding hydrogens is 282 g/mol. The van der Waals surface area contributed by atoms with Crippen molar-refractivity contribution in [3.63, 3.8) is 0 Å². The van der Waals surface area contributed by atoms with E-state index in [-0.39, 0.29) is 11.5 Å². The minimum absolute atomic E-state index is 0.215. The van der Waals surface area contributed by atoms with Gasteiger partial charge in [-0.05, 0) is 6.92 Å². The zero-order chi connectivity index (χ0) is 14.5. The largest absolute Gasteiger partial charge is 0.388 e. The maximum atomic E-state index is 10.2. The van der Waals surface area contributed by atoms with E-state index in [0.717, 1.165) is 5.17 Å². The van der Waals surface area contributed by atoms with Crippen molar-refractivity contribution in [3.05, 3.63) is 0 Å². The molecule has 4 N–H and O–H groups in total. The number of rotatable bonds is 6. The lowest BCUT2D eigenvalue weighted by molar-refractivity contribution is -0.154. The molecule has 0 aromatic carbocycles. The van der Waals surface area contributed by atoms with Gasteiger partial charge in [0.15, 0.2) is 5.17 Å². The van der Waals surface area contributed by atoms with Crippen LogP contribution in [-0.4, -0.2) is 78.5 Å². The molecular formula is C12H23N3O4S. The number of aliphatic hydroxyl groups is 2. The molecule has 7 nitrogen and oxygen atoms in total. The van der Waals surface area contributed by atoms with E-state index in [1.165, 1.54) is 11.8 Å². The smallest absolute Gasteiger partial charge is 0.159 e. The molecule has 0 aliphatic carbocycles. The monoisotopic (exact) mass is 305 g/mol. The van der Waals surface area contributed by atoms with E-state index in [4.69, 9.17) is 9.47 Å². The Morgan fingerprint density at radius 2 is 2.25 bits per heavy atom. The second-order valence-corrected chi connectivity index (χ2v) is 5.88. The minimum atomic E-state index is -0.916. The number of aliphatic hydroxyl groups excluding tert-OH is 2. The lowest BCUT2D eigenvalue weighted by atomic mass is 9.98. The fourth-order valence-electron chi connectivity index (χ4n) is 2.29. The number of thioether (sulfide) groups is 1. The van der Waals surface area contributed by atoms with Crippen LogP contribution >= 0.6 is 11.8 Å². The van der Waals surface area contributed by atoms with Gasteiger partial charge in [0.25, 0.3) is 0 Å². The van der Waals surface area contributed by atoms with Crippen molar-refractivity contribution < 1.29 is 19.7 Å². The molecule has 20 heavy (non-hydrogen) atoms. The average Bonchev–Trinajstić information content (AvgIpc) is 2.83. The number of hydrogen-bond donors (Lipinski definition) is 4. The van der Waals surface area contributed by atoms with Gasteiger partial charge in [-0.15, -0.1) is 0 Å². The van der Waals surface area contributed by atoms with Gasteiger partial charge in [0, 0.05) is 26.7 Å². The van der Waals surface area contributed by atoms with Crippen LogP contribution in [0.2, 0.25) is 0 Å². The molecule has 0 saturated carbocycles. The van der Waals surface area contributed by atoms with Gasteiger partial charge in [-0.25, -0.2) is 0 Å². The Kier molecular flexibility index (Phi) is 6.06. The second-order valence-electron chi connectivity index (χ2n) is 4.79.